The van der Waals surface area contributed by atoms with Gasteiger partial charge in [0.25, 0.3) is 0 Å². The molecule has 0 atom stereocenters. The zero-order valence-corrected chi connectivity index (χ0v) is 12.7. The molecule has 0 bridgehead atoms. The van der Waals surface area contributed by atoms with Gasteiger partial charge in [-0.15, -0.1) is 12.4 Å². The molecule has 2 aromatic heterocycles. The van der Waals surface area contributed by atoms with Crippen LogP contribution in [0.4, 0.5) is 10.2 Å². The topological polar surface area (TPSA) is 47.7 Å². The smallest absolute Gasteiger partial charge is 0.127 e. The number of hydrogen-bond acceptors (Lipinski definition) is 3. The summed E-state index contributed by atoms with van der Waals surface area (Å²) in [7, 11) is 0. The van der Waals surface area contributed by atoms with Crippen LogP contribution in [0, 0.1) is 6.92 Å². The maximum atomic E-state index is 12.4. The van der Waals surface area contributed by atoms with E-state index in [1.54, 1.807) is 10.9 Å². The normalized spacial score (nSPS) is 10.3. The van der Waals surface area contributed by atoms with Crippen molar-refractivity contribution in [3.8, 4) is 0 Å². The summed E-state index contributed by atoms with van der Waals surface area (Å²) >= 11 is 0. The van der Waals surface area contributed by atoms with E-state index in [1.807, 2.05) is 24.0 Å². The summed E-state index contributed by atoms with van der Waals surface area (Å²) in [6, 6.07) is 0. The molecule has 0 saturated heterocycles. The lowest BCUT2D eigenvalue weighted by Gasteiger charge is -2.08. The second kappa shape index (κ2) is 7.89. The minimum absolute atomic E-state index is 0. The molecule has 2 rings (SSSR count). The molecule has 5 nitrogen and oxygen atoms in total. The van der Waals surface area contributed by atoms with Crippen LogP contribution in [0.2, 0.25) is 0 Å². The van der Waals surface area contributed by atoms with E-state index in [4.69, 9.17) is 0 Å². The zero-order chi connectivity index (χ0) is 13.7. The maximum Gasteiger partial charge on any atom is 0.127 e. The molecule has 0 aromatic carbocycles. The third kappa shape index (κ3) is 3.96. The molecule has 0 fully saturated rings. The molecule has 0 aliphatic rings. The predicted molar refractivity (Wildman–Crippen MR) is 80.0 cm³/mol. The number of rotatable bonds is 7. The van der Waals surface area contributed by atoms with Crippen molar-refractivity contribution in [2.45, 2.75) is 39.9 Å². The standard InChI is InChI=1S/C13H20FN5.ClH/c1-3-5-18-10-12(9-16-18)8-15-13-11(2)7-17-19(13)6-4-14;/h7,9-10,15H,3-6,8H2,1-2H3;1H. The van der Waals surface area contributed by atoms with Gasteiger partial charge in [0, 0.05) is 30.4 Å². The summed E-state index contributed by atoms with van der Waals surface area (Å²) in [5.74, 6) is 0.876. The highest BCUT2D eigenvalue weighted by molar-refractivity contribution is 5.85. The van der Waals surface area contributed by atoms with Crippen molar-refractivity contribution in [1.82, 2.24) is 19.6 Å². The van der Waals surface area contributed by atoms with Crippen LogP contribution in [0.3, 0.4) is 0 Å². The molecule has 0 aliphatic heterocycles. The molecule has 0 saturated carbocycles. The Bertz CT molecular complexity index is 523. The van der Waals surface area contributed by atoms with Crippen molar-refractivity contribution in [2.75, 3.05) is 12.0 Å². The Morgan fingerprint density at radius 1 is 1.25 bits per heavy atom. The molecule has 112 valence electrons. The van der Waals surface area contributed by atoms with Crippen LogP contribution in [-0.4, -0.2) is 26.2 Å². The van der Waals surface area contributed by atoms with Gasteiger partial charge in [-0.3, -0.25) is 4.68 Å². The van der Waals surface area contributed by atoms with Gasteiger partial charge in [-0.25, -0.2) is 9.07 Å². The average molecular weight is 302 g/mol. The third-order valence-corrected chi connectivity index (χ3v) is 2.92. The number of aromatic nitrogens is 4. The number of hydrogen-bond donors (Lipinski definition) is 1. The van der Waals surface area contributed by atoms with E-state index in [1.165, 1.54) is 0 Å². The first kappa shape index (κ1) is 16.5. The number of aryl methyl sites for hydroxylation is 3. The molecule has 7 heteroatoms. The summed E-state index contributed by atoms with van der Waals surface area (Å²) < 4.78 is 16.0. The van der Waals surface area contributed by atoms with E-state index in [0.29, 0.717) is 6.54 Å². The molecule has 2 aromatic rings. The lowest BCUT2D eigenvalue weighted by Crippen LogP contribution is -2.09. The second-order valence-corrected chi connectivity index (χ2v) is 4.55. The van der Waals surface area contributed by atoms with Crippen molar-refractivity contribution in [2.24, 2.45) is 0 Å². The first-order chi connectivity index (χ1) is 9.24. The van der Waals surface area contributed by atoms with Gasteiger partial charge in [0.2, 0.25) is 0 Å². The van der Waals surface area contributed by atoms with Crippen LogP contribution in [0.1, 0.15) is 24.5 Å². The molecule has 0 spiro atoms. The second-order valence-electron chi connectivity index (χ2n) is 4.55. The number of alkyl halides is 1. The van der Waals surface area contributed by atoms with Crippen LogP contribution < -0.4 is 5.32 Å². The van der Waals surface area contributed by atoms with E-state index < -0.39 is 6.67 Å². The Kier molecular flexibility index (Phi) is 6.51. The zero-order valence-electron chi connectivity index (χ0n) is 11.8. The quantitative estimate of drug-likeness (QED) is 0.855. The van der Waals surface area contributed by atoms with Crippen molar-refractivity contribution in [1.29, 1.82) is 0 Å². The molecule has 0 amide bonds. The largest absolute Gasteiger partial charge is 0.366 e. The van der Waals surface area contributed by atoms with Gasteiger partial charge >= 0.3 is 0 Å². The Labute approximate surface area is 124 Å². The van der Waals surface area contributed by atoms with E-state index in [9.17, 15) is 4.39 Å². The van der Waals surface area contributed by atoms with Crippen LogP contribution in [0.5, 0.6) is 0 Å². The number of anilines is 1. The van der Waals surface area contributed by atoms with Crippen LogP contribution in [0.15, 0.2) is 18.6 Å². The fourth-order valence-corrected chi connectivity index (χ4v) is 1.99. The van der Waals surface area contributed by atoms with Crippen LogP contribution >= 0.6 is 12.4 Å². The summed E-state index contributed by atoms with van der Waals surface area (Å²) in [4.78, 5) is 0. The first-order valence-electron chi connectivity index (χ1n) is 6.58. The number of nitrogens with one attached hydrogen (secondary N) is 1. The van der Waals surface area contributed by atoms with Crippen LogP contribution in [-0.2, 0) is 19.6 Å². The SMILES string of the molecule is CCCn1cc(CNc2c(C)cnn2CCF)cn1.Cl. The van der Waals surface area contributed by atoms with Gasteiger partial charge in [-0.1, -0.05) is 6.92 Å². The van der Waals surface area contributed by atoms with Gasteiger partial charge in [-0.05, 0) is 13.3 Å². The third-order valence-electron chi connectivity index (χ3n) is 2.92. The maximum absolute atomic E-state index is 12.4. The highest BCUT2D eigenvalue weighted by Gasteiger charge is 2.07. The predicted octanol–water partition coefficient (Wildman–Crippen LogP) is 2.80. The van der Waals surface area contributed by atoms with E-state index >= 15 is 0 Å². The molecular formula is C13H21ClFN5. The minimum atomic E-state index is -0.412. The average Bonchev–Trinajstić information content (AvgIpc) is 2.96. The molecule has 0 unspecified atom stereocenters. The monoisotopic (exact) mass is 301 g/mol. The lowest BCUT2D eigenvalue weighted by atomic mass is 10.3. The van der Waals surface area contributed by atoms with Gasteiger partial charge in [0.15, 0.2) is 0 Å². The van der Waals surface area contributed by atoms with Crippen molar-refractivity contribution in [3.63, 3.8) is 0 Å². The highest BCUT2D eigenvalue weighted by atomic mass is 35.5. The van der Waals surface area contributed by atoms with Gasteiger partial charge in [-0.2, -0.15) is 10.2 Å². The summed E-state index contributed by atoms with van der Waals surface area (Å²) in [6.45, 7) is 5.56. The van der Waals surface area contributed by atoms with E-state index in [-0.39, 0.29) is 19.0 Å². The Balaban J connectivity index is 0.00000200. The summed E-state index contributed by atoms with van der Waals surface area (Å²) in [6.07, 6.45) is 6.70. The van der Waals surface area contributed by atoms with Crippen LogP contribution in [0.25, 0.3) is 0 Å². The minimum Gasteiger partial charge on any atom is -0.366 e. The molecule has 2 heterocycles. The van der Waals surface area contributed by atoms with E-state index in [0.717, 1.165) is 29.9 Å². The summed E-state index contributed by atoms with van der Waals surface area (Å²) in [5, 5.41) is 11.7. The van der Waals surface area contributed by atoms with Gasteiger partial charge in [0.05, 0.1) is 18.9 Å². The first-order valence-corrected chi connectivity index (χ1v) is 6.58. The number of halogens is 2. The number of nitrogens with zero attached hydrogens (tertiary/aromatic N) is 4. The Hall–Kier alpha value is -1.56. The molecule has 20 heavy (non-hydrogen) atoms. The molecule has 0 aliphatic carbocycles. The fraction of sp³-hybridized carbons (Fsp3) is 0.538. The fourth-order valence-electron chi connectivity index (χ4n) is 1.99. The molecule has 1 N–H and O–H groups in total. The summed E-state index contributed by atoms with van der Waals surface area (Å²) in [5.41, 5.74) is 2.13. The van der Waals surface area contributed by atoms with E-state index in [2.05, 4.69) is 22.4 Å². The van der Waals surface area contributed by atoms with Gasteiger partial charge < -0.3 is 5.32 Å². The van der Waals surface area contributed by atoms with Gasteiger partial charge in [0.1, 0.15) is 12.5 Å². The van der Waals surface area contributed by atoms with Crippen molar-refractivity contribution >= 4 is 18.2 Å². The lowest BCUT2D eigenvalue weighted by molar-refractivity contribution is 0.429. The highest BCUT2D eigenvalue weighted by Crippen LogP contribution is 2.15. The molecular weight excluding hydrogens is 281 g/mol. The Morgan fingerprint density at radius 3 is 2.75 bits per heavy atom. The van der Waals surface area contributed by atoms with Crippen molar-refractivity contribution < 1.29 is 4.39 Å². The Morgan fingerprint density at radius 2 is 2.05 bits per heavy atom. The molecule has 0 radical (unpaired) electrons. The van der Waals surface area contributed by atoms with Crippen molar-refractivity contribution in [3.05, 3.63) is 29.7 Å².